The molecule has 0 aromatic carbocycles. The number of hydrogen-bond acceptors (Lipinski definition) is 6. The Hall–Kier alpha value is -1.59. The summed E-state index contributed by atoms with van der Waals surface area (Å²) in [5.74, 6) is 2.21. The van der Waals surface area contributed by atoms with Gasteiger partial charge in [0.15, 0.2) is 0 Å². The molecule has 1 saturated heterocycles. The highest BCUT2D eigenvalue weighted by atomic mass is 15.3. The molecular formula is C15H26N6. The zero-order chi connectivity index (χ0) is 14.7. The minimum absolute atomic E-state index is 0.442. The molecule has 2 heterocycles. The topological polar surface area (TPSA) is 66.0 Å². The minimum Gasteiger partial charge on any atom is -0.354 e. The number of rotatable bonds is 7. The third-order valence-corrected chi connectivity index (χ3v) is 4.32. The van der Waals surface area contributed by atoms with E-state index >= 15 is 0 Å². The fourth-order valence-electron chi connectivity index (χ4n) is 2.50. The third kappa shape index (κ3) is 3.74. The van der Waals surface area contributed by atoms with E-state index in [1.54, 1.807) is 0 Å². The molecule has 21 heavy (non-hydrogen) atoms. The quantitative estimate of drug-likeness (QED) is 0.804. The molecule has 0 radical (unpaired) electrons. The first kappa shape index (κ1) is 14.4. The zero-order valence-electron chi connectivity index (χ0n) is 13.2. The van der Waals surface area contributed by atoms with Gasteiger partial charge in [0.2, 0.25) is 17.8 Å². The first-order chi connectivity index (χ1) is 10.2. The number of hydrogen-bond donors (Lipinski definition) is 2. The maximum atomic E-state index is 4.61. The highest BCUT2D eigenvalue weighted by Crippen LogP contribution is 2.44. The SMILES string of the molecule is CCCNc1nc(NCC2(C)CC2)nc(N2CCCC2)n1. The van der Waals surface area contributed by atoms with E-state index in [0.29, 0.717) is 17.3 Å². The van der Waals surface area contributed by atoms with E-state index in [4.69, 9.17) is 0 Å². The number of nitrogens with one attached hydrogen (secondary N) is 2. The largest absolute Gasteiger partial charge is 0.354 e. The molecule has 3 rings (SSSR count). The van der Waals surface area contributed by atoms with Crippen molar-refractivity contribution in [2.45, 2.75) is 46.0 Å². The average molecular weight is 290 g/mol. The van der Waals surface area contributed by atoms with Gasteiger partial charge in [-0.2, -0.15) is 15.0 Å². The van der Waals surface area contributed by atoms with Crippen molar-refractivity contribution in [1.29, 1.82) is 0 Å². The Morgan fingerprint density at radius 3 is 2.33 bits per heavy atom. The Labute approximate surface area is 126 Å². The molecule has 1 aliphatic carbocycles. The van der Waals surface area contributed by atoms with Crippen molar-refractivity contribution in [2.75, 3.05) is 41.7 Å². The summed E-state index contributed by atoms with van der Waals surface area (Å²) in [4.78, 5) is 15.9. The highest BCUT2D eigenvalue weighted by Gasteiger charge is 2.37. The first-order valence-corrected chi connectivity index (χ1v) is 8.17. The van der Waals surface area contributed by atoms with E-state index < -0.39 is 0 Å². The normalized spacial score (nSPS) is 19.6. The van der Waals surface area contributed by atoms with Gasteiger partial charge in [0.05, 0.1) is 0 Å². The molecular weight excluding hydrogens is 264 g/mol. The lowest BCUT2D eigenvalue weighted by atomic mass is 10.1. The fraction of sp³-hybridized carbons (Fsp3) is 0.800. The van der Waals surface area contributed by atoms with Crippen molar-refractivity contribution in [3.8, 4) is 0 Å². The van der Waals surface area contributed by atoms with Crippen molar-refractivity contribution in [2.24, 2.45) is 5.41 Å². The molecule has 6 nitrogen and oxygen atoms in total. The summed E-state index contributed by atoms with van der Waals surface area (Å²) in [6.45, 7) is 8.38. The lowest BCUT2D eigenvalue weighted by Gasteiger charge is -2.18. The van der Waals surface area contributed by atoms with Gasteiger partial charge in [0.25, 0.3) is 0 Å². The lowest BCUT2D eigenvalue weighted by molar-refractivity contribution is 0.607. The van der Waals surface area contributed by atoms with Crippen LogP contribution in [0.15, 0.2) is 0 Å². The standard InChI is InChI=1S/C15H26N6/c1-3-8-16-12-18-13(17-11-15(2)6-7-15)20-14(19-12)21-9-4-5-10-21/h3-11H2,1-2H3,(H2,16,17,18,19,20). The first-order valence-electron chi connectivity index (χ1n) is 8.17. The summed E-state index contributed by atoms with van der Waals surface area (Å²) in [5, 5.41) is 6.68. The van der Waals surface area contributed by atoms with Crippen LogP contribution in [0.2, 0.25) is 0 Å². The zero-order valence-corrected chi connectivity index (χ0v) is 13.2. The van der Waals surface area contributed by atoms with Gasteiger partial charge in [-0.3, -0.25) is 0 Å². The van der Waals surface area contributed by atoms with Gasteiger partial charge in [-0.15, -0.1) is 0 Å². The molecule has 2 aliphatic rings. The van der Waals surface area contributed by atoms with Gasteiger partial charge in [0, 0.05) is 26.2 Å². The van der Waals surface area contributed by atoms with Crippen LogP contribution < -0.4 is 15.5 Å². The van der Waals surface area contributed by atoms with Gasteiger partial charge < -0.3 is 15.5 Å². The van der Waals surface area contributed by atoms with Crippen LogP contribution in [0.5, 0.6) is 0 Å². The summed E-state index contributed by atoms with van der Waals surface area (Å²) in [7, 11) is 0. The van der Waals surface area contributed by atoms with Crippen LogP contribution >= 0.6 is 0 Å². The van der Waals surface area contributed by atoms with Crippen LogP contribution in [0.4, 0.5) is 17.8 Å². The molecule has 2 fully saturated rings. The average Bonchev–Trinajstić information content (AvgIpc) is 3.01. The van der Waals surface area contributed by atoms with E-state index in [2.05, 4.69) is 44.3 Å². The smallest absolute Gasteiger partial charge is 0.231 e. The van der Waals surface area contributed by atoms with E-state index in [9.17, 15) is 0 Å². The molecule has 0 atom stereocenters. The molecule has 0 bridgehead atoms. The van der Waals surface area contributed by atoms with E-state index in [1.165, 1.54) is 25.7 Å². The van der Waals surface area contributed by atoms with Crippen LogP contribution in [0.1, 0.15) is 46.0 Å². The van der Waals surface area contributed by atoms with Crippen molar-refractivity contribution in [3.05, 3.63) is 0 Å². The molecule has 1 aromatic rings. The van der Waals surface area contributed by atoms with Crippen LogP contribution in [-0.2, 0) is 0 Å². The van der Waals surface area contributed by atoms with Crippen molar-refractivity contribution in [1.82, 2.24) is 15.0 Å². The van der Waals surface area contributed by atoms with Gasteiger partial charge >= 0.3 is 0 Å². The Bertz CT molecular complexity index is 479. The highest BCUT2D eigenvalue weighted by molar-refractivity contribution is 5.44. The van der Waals surface area contributed by atoms with Crippen molar-refractivity contribution in [3.63, 3.8) is 0 Å². The summed E-state index contributed by atoms with van der Waals surface area (Å²) in [6.07, 6.45) is 6.11. The predicted molar refractivity (Wildman–Crippen MR) is 85.9 cm³/mol. The molecule has 6 heteroatoms. The Morgan fingerprint density at radius 1 is 1.05 bits per heavy atom. The van der Waals surface area contributed by atoms with Crippen molar-refractivity contribution < 1.29 is 0 Å². The number of nitrogens with zero attached hydrogens (tertiary/aromatic N) is 4. The second kappa shape index (κ2) is 6.03. The Kier molecular flexibility index (Phi) is 4.12. The minimum atomic E-state index is 0.442. The fourth-order valence-corrected chi connectivity index (χ4v) is 2.50. The van der Waals surface area contributed by atoms with Gasteiger partial charge in [-0.05, 0) is 37.5 Å². The Morgan fingerprint density at radius 2 is 1.71 bits per heavy atom. The van der Waals surface area contributed by atoms with Crippen LogP contribution in [-0.4, -0.2) is 41.1 Å². The van der Waals surface area contributed by atoms with E-state index in [1.807, 2.05) is 0 Å². The lowest BCUT2D eigenvalue weighted by Crippen LogP contribution is -2.23. The van der Waals surface area contributed by atoms with Crippen LogP contribution in [0, 0.1) is 5.41 Å². The maximum absolute atomic E-state index is 4.61. The summed E-state index contributed by atoms with van der Waals surface area (Å²) in [6, 6.07) is 0. The Balaban J connectivity index is 1.74. The number of anilines is 3. The monoisotopic (exact) mass is 290 g/mol. The number of aromatic nitrogens is 3. The molecule has 2 N–H and O–H groups in total. The predicted octanol–water partition coefficient (Wildman–Crippen LogP) is 2.51. The molecule has 1 aliphatic heterocycles. The molecule has 1 aromatic heterocycles. The van der Waals surface area contributed by atoms with E-state index in [-0.39, 0.29) is 0 Å². The van der Waals surface area contributed by atoms with Gasteiger partial charge in [-0.1, -0.05) is 13.8 Å². The molecule has 0 spiro atoms. The van der Waals surface area contributed by atoms with Crippen molar-refractivity contribution >= 4 is 17.8 Å². The molecule has 1 saturated carbocycles. The maximum Gasteiger partial charge on any atom is 0.231 e. The summed E-state index contributed by atoms with van der Waals surface area (Å²) < 4.78 is 0. The molecule has 0 amide bonds. The van der Waals surface area contributed by atoms with Gasteiger partial charge in [-0.25, -0.2) is 0 Å². The van der Waals surface area contributed by atoms with Crippen LogP contribution in [0.3, 0.4) is 0 Å². The summed E-state index contributed by atoms with van der Waals surface area (Å²) >= 11 is 0. The van der Waals surface area contributed by atoms with E-state index in [0.717, 1.165) is 38.5 Å². The summed E-state index contributed by atoms with van der Waals surface area (Å²) in [5.41, 5.74) is 0.442. The molecule has 0 unspecified atom stereocenters. The molecule has 116 valence electrons. The van der Waals surface area contributed by atoms with Crippen LogP contribution in [0.25, 0.3) is 0 Å². The second-order valence-electron chi connectivity index (χ2n) is 6.57. The van der Waals surface area contributed by atoms with Gasteiger partial charge in [0.1, 0.15) is 0 Å². The third-order valence-electron chi connectivity index (χ3n) is 4.32. The second-order valence-corrected chi connectivity index (χ2v) is 6.57.